The first-order valence-corrected chi connectivity index (χ1v) is 9.40. The smallest absolute Gasteiger partial charge is 0.414 e. The van der Waals surface area contributed by atoms with Crippen LogP contribution in [0.3, 0.4) is 0 Å². The minimum atomic E-state index is -0.880. The molecule has 1 aromatic carbocycles. The van der Waals surface area contributed by atoms with Gasteiger partial charge in [0.15, 0.2) is 11.6 Å². The number of aliphatic hydroxyl groups excluding tert-OH is 1. The molecule has 1 aromatic heterocycles. The second-order valence-corrected chi connectivity index (χ2v) is 6.73. The average molecular weight is 418 g/mol. The van der Waals surface area contributed by atoms with Crippen LogP contribution in [-0.2, 0) is 9.53 Å². The highest BCUT2D eigenvalue weighted by atomic mass is 19.1. The van der Waals surface area contributed by atoms with Crippen molar-refractivity contribution in [2.24, 2.45) is 0 Å². The maximum atomic E-state index is 14.4. The second kappa shape index (κ2) is 9.88. The van der Waals surface area contributed by atoms with E-state index in [1.54, 1.807) is 18.3 Å². The van der Waals surface area contributed by atoms with Crippen molar-refractivity contribution in [3.05, 3.63) is 48.4 Å². The molecule has 1 fully saturated rings. The van der Waals surface area contributed by atoms with Gasteiger partial charge < -0.3 is 25.2 Å². The van der Waals surface area contributed by atoms with Crippen LogP contribution >= 0.6 is 0 Å². The van der Waals surface area contributed by atoms with Gasteiger partial charge in [-0.15, -0.1) is 0 Å². The molecule has 0 saturated carbocycles. The fourth-order valence-corrected chi connectivity index (χ4v) is 2.81. The molecule has 3 rings (SSSR count). The van der Waals surface area contributed by atoms with E-state index >= 15 is 0 Å². The number of ether oxygens (including phenoxy) is 2. The number of aliphatic hydroxyl groups is 1. The van der Waals surface area contributed by atoms with Crippen molar-refractivity contribution in [2.45, 2.75) is 19.1 Å². The number of nitrogens with zero attached hydrogens (tertiary/aromatic N) is 2. The lowest BCUT2D eigenvalue weighted by molar-refractivity contribution is -0.119. The molecule has 160 valence electrons. The third-order valence-corrected chi connectivity index (χ3v) is 4.29. The SMILES string of the molecule is CC(=O)NC[C@H]1CN(c2ccc(OC[C@@H](O)CNc3ccccn3)c(F)c2)C(=O)O1. The lowest BCUT2D eigenvalue weighted by atomic mass is 10.2. The molecule has 10 heteroatoms. The Morgan fingerprint density at radius 1 is 1.43 bits per heavy atom. The number of pyridine rings is 1. The van der Waals surface area contributed by atoms with Crippen LogP contribution in [0.25, 0.3) is 0 Å². The molecule has 1 aliphatic heterocycles. The summed E-state index contributed by atoms with van der Waals surface area (Å²) < 4.78 is 24.9. The number of cyclic esters (lactones) is 1. The van der Waals surface area contributed by atoms with Crippen LogP contribution in [0, 0.1) is 5.82 Å². The zero-order valence-corrected chi connectivity index (χ0v) is 16.4. The van der Waals surface area contributed by atoms with Gasteiger partial charge in [-0.3, -0.25) is 9.69 Å². The van der Waals surface area contributed by atoms with Crippen molar-refractivity contribution in [1.29, 1.82) is 0 Å². The monoisotopic (exact) mass is 418 g/mol. The van der Waals surface area contributed by atoms with Crippen molar-refractivity contribution >= 4 is 23.5 Å². The van der Waals surface area contributed by atoms with Crippen LogP contribution in [-0.4, -0.2) is 60.5 Å². The van der Waals surface area contributed by atoms with Crippen LogP contribution in [0.2, 0.25) is 0 Å². The Hall–Kier alpha value is -3.40. The van der Waals surface area contributed by atoms with Gasteiger partial charge in [0.2, 0.25) is 5.91 Å². The fraction of sp³-hybridized carbons (Fsp3) is 0.350. The Morgan fingerprint density at radius 2 is 2.27 bits per heavy atom. The van der Waals surface area contributed by atoms with Gasteiger partial charge in [0.05, 0.1) is 18.8 Å². The Kier molecular flexibility index (Phi) is 7.02. The van der Waals surface area contributed by atoms with Gasteiger partial charge in [0, 0.05) is 25.7 Å². The summed E-state index contributed by atoms with van der Waals surface area (Å²) in [4.78, 5) is 28.4. The Morgan fingerprint density at radius 3 is 2.97 bits per heavy atom. The van der Waals surface area contributed by atoms with Crippen molar-refractivity contribution in [2.75, 3.05) is 36.5 Å². The van der Waals surface area contributed by atoms with Crippen LogP contribution in [0.15, 0.2) is 42.6 Å². The molecule has 0 unspecified atom stereocenters. The summed E-state index contributed by atoms with van der Waals surface area (Å²) in [5.74, 6) is -0.329. The van der Waals surface area contributed by atoms with Crippen LogP contribution < -0.4 is 20.3 Å². The minimum absolute atomic E-state index is 0.0435. The summed E-state index contributed by atoms with van der Waals surface area (Å²) in [5, 5.41) is 15.5. The predicted octanol–water partition coefficient (Wildman–Crippen LogP) is 1.53. The average Bonchev–Trinajstić information content (AvgIpc) is 3.11. The molecule has 1 aliphatic rings. The molecule has 9 nitrogen and oxygen atoms in total. The van der Waals surface area contributed by atoms with Crippen molar-refractivity contribution in [3.8, 4) is 5.75 Å². The Bertz CT molecular complexity index is 883. The maximum absolute atomic E-state index is 14.4. The molecule has 0 radical (unpaired) electrons. The zero-order valence-electron chi connectivity index (χ0n) is 16.4. The summed E-state index contributed by atoms with van der Waals surface area (Å²) >= 11 is 0. The molecular weight excluding hydrogens is 395 g/mol. The number of amides is 2. The minimum Gasteiger partial charge on any atom is -0.488 e. The van der Waals surface area contributed by atoms with Gasteiger partial charge in [-0.05, 0) is 24.3 Å². The standard InChI is InChI=1S/C20H23FN4O5/c1-13(26)23-10-16-11-25(20(28)30-16)14-5-6-18(17(21)8-14)29-12-15(27)9-24-19-4-2-3-7-22-19/h2-8,15-16,27H,9-12H2,1H3,(H,22,24)(H,23,26)/t15-,16-/m0/s1. The third-order valence-electron chi connectivity index (χ3n) is 4.29. The quantitative estimate of drug-likeness (QED) is 0.566. The molecule has 1 saturated heterocycles. The number of aromatic nitrogens is 1. The molecule has 3 N–H and O–H groups in total. The number of carbonyl (C=O) groups is 2. The molecular formula is C20H23FN4O5. The van der Waals surface area contributed by atoms with Crippen LogP contribution in [0.5, 0.6) is 5.75 Å². The third kappa shape index (κ3) is 5.80. The number of hydrogen-bond acceptors (Lipinski definition) is 7. The first-order chi connectivity index (χ1) is 14.4. The number of benzene rings is 1. The maximum Gasteiger partial charge on any atom is 0.414 e. The number of rotatable bonds is 9. The summed E-state index contributed by atoms with van der Waals surface area (Å²) in [6, 6.07) is 9.43. The molecule has 30 heavy (non-hydrogen) atoms. The van der Waals surface area contributed by atoms with E-state index in [0.717, 1.165) is 6.07 Å². The highest BCUT2D eigenvalue weighted by Crippen LogP contribution is 2.27. The Labute approximate surface area is 172 Å². The topological polar surface area (TPSA) is 113 Å². The summed E-state index contributed by atoms with van der Waals surface area (Å²) in [6.07, 6.45) is -0.383. The van der Waals surface area contributed by atoms with E-state index in [0.29, 0.717) is 11.5 Å². The number of hydrogen-bond donors (Lipinski definition) is 3. The summed E-state index contributed by atoms with van der Waals surface area (Å²) in [5.41, 5.74) is 0.313. The van der Waals surface area contributed by atoms with E-state index in [1.807, 2.05) is 6.07 Å². The number of nitrogens with one attached hydrogen (secondary N) is 2. The van der Waals surface area contributed by atoms with Gasteiger partial charge in [0.1, 0.15) is 24.6 Å². The van der Waals surface area contributed by atoms with E-state index in [1.165, 1.54) is 24.0 Å². The van der Waals surface area contributed by atoms with E-state index < -0.39 is 24.1 Å². The van der Waals surface area contributed by atoms with E-state index in [2.05, 4.69) is 15.6 Å². The molecule has 2 atom stereocenters. The highest BCUT2D eigenvalue weighted by molar-refractivity contribution is 5.89. The first-order valence-electron chi connectivity index (χ1n) is 9.40. The normalized spacial score (nSPS) is 16.7. The molecule has 2 heterocycles. The van der Waals surface area contributed by atoms with Crippen molar-refractivity contribution in [1.82, 2.24) is 10.3 Å². The summed E-state index contributed by atoms with van der Waals surface area (Å²) in [6.45, 7) is 1.81. The number of halogens is 1. The van der Waals surface area contributed by atoms with Crippen LogP contribution in [0.1, 0.15) is 6.92 Å². The van der Waals surface area contributed by atoms with Gasteiger partial charge in [-0.25, -0.2) is 14.2 Å². The lowest BCUT2D eigenvalue weighted by Crippen LogP contribution is -2.33. The van der Waals surface area contributed by atoms with Gasteiger partial charge in [0.25, 0.3) is 0 Å². The van der Waals surface area contributed by atoms with Crippen LogP contribution in [0.4, 0.5) is 20.7 Å². The molecule has 2 amide bonds. The van der Waals surface area contributed by atoms with E-state index in [9.17, 15) is 19.1 Å². The number of carbonyl (C=O) groups excluding carboxylic acids is 2. The second-order valence-electron chi connectivity index (χ2n) is 6.73. The predicted molar refractivity (Wildman–Crippen MR) is 107 cm³/mol. The van der Waals surface area contributed by atoms with Gasteiger partial charge >= 0.3 is 6.09 Å². The largest absolute Gasteiger partial charge is 0.488 e. The molecule has 0 aliphatic carbocycles. The van der Waals surface area contributed by atoms with Crippen molar-refractivity contribution in [3.63, 3.8) is 0 Å². The number of anilines is 2. The first kappa shape index (κ1) is 21.3. The van der Waals surface area contributed by atoms with Gasteiger partial charge in [-0.2, -0.15) is 0 Å². The van der Waals surface area contributed by atoms with E-state index in [4.69, 9.17) is 9.47 Å². The van der Waals surface area contributed by atoms with Crippen molar-refractivity contribution < 1.29 is 28.6 Å². The molecule has 0 bridgehead atoms. The van der Waals surface area contributed by atoms with Gasteiger partial charge in [-0.1, -0.05) is 6.07 Å². The molecule has 0 spiro atoms. The zero-order chi connectivity index (χ0) is 21.5. The lowest BCUT2D eigenvalue weighted by Gasteiger charge is -2.16. The van der Waals surface area contributed by atoms with E-state index in [-0.39, 0.29) is 37.9 Å². The highest BCUT2D eigenvalue weighted by Gasteiger charge is 2.32. The fourth-order valence-electron chi connectivity index (χ4n) is 2.81. The Balaban J connectivity index is 1.51. The molecule has 2 aromatic rings. The summed E-state index contributed by atoms with van der Waals surface area (Å²) in [7, 11) is 0.